The van der Waals surface area contributed by atoms with Gasteiger partial charge in [-0.25, -0.2) is 8.42 Å². The van der Waals surface area contributed by atoms with Crippen molar-refractivity contribution in [3.63, 3.8) is 0 Å². The Hall–Kier alpha value is -2.64. The molecule has 0 radical (unpaired) electrons. The van der Waals surface area contributed by atoms with Crippen molar-refractivity contribution in [1.29, 1.82) is 0 Å². The molecule has 5 nitrogen and oxygen atoms in total. The van der Waals surface area contributed by atoms with E-state index in [2.05, 4.69) is 27.3 Å². The van der Waals surface area contributed by atoms with E-state index in [0.29, 0.717) is 5.69 Å². The van der Waals surface area contributed by atoms with Crippen molar-refractivity contribution in [2.75, 3.05) is 10.8 Å². The second-order valence-corrected chi connectivity index (χ2v) is 10.8. The Morgan fingerprint density at radius 3 is 2.56 bits per heavy atom. The van der Waals surface area contributed by atoms with E-state index in [1.807, 2.05) is 31.2 Å². The van der Waals surface area contributed by atoms with Crippen LogP contribution in [0.2, 0.25) is 0 Å². The smallest absolute Gasteiger partial charge is 0.264 e. The first-order chi connectivity index (χ1) is 15.3. The van der Waals surface area contributed by atoms with Gasteiger partial charge in [-0.3, -0.25) is 9.10 Å². The van der Waals surface area contributed by atoms with E-state index in [4.69, 9.17) is 0 Å². The van der Waals surface area contributed by atoms with Crippen LogP contribution in [-0.2, 0) is 21.2 Å². The number of rotatable bonds is 6. The van der Waals surface area contributed by atoms with Crippen LogP contribution in [0.4, 0.5) is 5.69 Å². The number of anilines is 1. The van der Waals surface area contributed by atoms with E-state index in [9.17, 15) is 13.2 Å². The Bertz CT molecular complexity index is 1230. The number of carbonyl (C=O) groups is 1. The highest BCUT2D eigenvalue weighted by atomic mass is 79.9. The number of amides is 1. The molecular weight excluding hydrogens is 488 g/mol. The van der Waals surface area contributed by atoms with Crippen molar-refractivity contribution >= 4 is 37.5 Å². The van der Waals surface area contributed by atoms with Gasteiger partial charge in [-0.2, -0.15) is 0 Å². The summed E-state index contributed by atoms with van der Waals surface area (Å²) in [7, 11) is -3.93. The zero-order valence-electron chi connectivity index (χ0n) is 17.8. The van der Waals surface area contributed by atoms with Crippen molar-refractivity contribution in [2.45, 2.75) is 37.1 Å². The number of hydrogen-bond acceptors (Lipinski definition) is 3. The fourth-order valence-electron chi connectivity index (χ4n) is 4.06. The van der Waals surface area contributed by atoms with E-state index in [1.165, 1.54) is 9.87 Å². The molecule has 4 rings (SSSR count). The first-order valence-corrected chi connectivity index (χ1v) is 12.8. The van der Waals surface area contributed by atoms with Gasteiger partial charge in [-0.15, -0.1) is 0 Å². The van der Waals surface area contributed by atoms with Crippen LogP contribution in [0.15, 0.2) is 82.2 Å². The standard InChI is InChI=1S/C25H25BrN2O3S/c1-18-12-14-22(15-13-18)32(30,31)28(21-9-5-8-20(26)16-21)17-25(29)27-24-11-4-7-19-6-2-3-10-23(19)24/h2-3,5-6,8-10,12-16,24H,4,7,11,17H2,1H3,(H,27,29)/t24-/m0/s1. The molecule has 0 heterocycles. The molecule has 166 valence electrons. The van der Waals surface area contributed by atoms with Crippen LogP contribution in [0.1, 0.15) is 35.6 Å². The monoisotopic (exact) mass is 512 g/mol. The predicted molar refractivity (Wildman–Crippen MR) is 130 cm³/mol. The lowest BCUT2D eigenvalue weighted by Gasteiger charge is -2.29. The maximum absolute atomic E-state index is 13.5. The topological polar surface area (TPSA) is 66.5 Å². The van der Waals surface area contributed by atoms with Gasteiger partial charge in [0.05, 0.1) is 16.6 Å². The third-order valence-electron chi connectivity index (χ3n) is 5.70. The summed E-state index contributed by atoms with van der Waals surface area (Å²) in [6.07, 6.45) is 2.82. The number of halogens is 1. The van der Waals surface area contributed by atoms with Crippen LogP contribution in [0, 0.1) is 6.92 Å². The van der Waals surface area contributed by atoms with Crippen LogP contribution >= 0.6 is 15.9 Å². The van der Waals surface area contributed by atoms with Gasteiger partial charge >= 0.3 is 0 Å². The van der Waals surface area contributed by atoms with Crippen LogP contribution in [0.25, 0.3) is 0 Å². The molecule has 0 unspecified atom stereocenters. The van der Waals surface area contributed by atoms with E-state index in [1.54, 1.807) is 42.5 Å². The van der Waals surface area contributed by atoms with E-state index < -0.39 is 10.0 Å². The largest absolute Gasteiger partial charge is 0.348 e. The predicted octanol–water partition coefficient (Wildman–Crippen LogP) is 5.15. The molecule has 1 atom stereocenters. The highest BCUT2D eigenvalue weighted by Gasteiger charge is 2.29. The van der Waals surface area contributed by atoms with E-state index in [0.717, 1.165) is 34.9 Å². The van der Waals surface area contributed by atoms with Gasteiger partial charge < -0.3 is 5.32 Å². The number of nitrogens with zero attached hydrogens (tertiary/aromatic N) is 1. The summed E-state index contributed by atoms with van der Waals surface area (Å²) in [5, 5.41) is 3.07. The van der Waals surface area contributed by atoms with Crippen LogP contribution in [0.3, 0.4) is 0 Å². The average Bonchev–Trinajstić information content (AvgIpc) is 2.78. The molecule has 3 aromatic rings. The minimum atomic E-state index is -3.93. The second kappa shape index (κ2) is 9.46. The van der Waals surface area contributed by atoms with E-state index >= 15 is 0 Å². The van der Waals surface area contributed by atoms with E-state index in [-0.39, 0.29) is 23.4 Å². The number of aryl methyl sites for hydroxylation is 2. The first-order valence-electron chi connectivity index (χ1n) is 10.6. The molecule has 0 aliphatic heterocycles. The van der Waals surface area contributed by atoms with Gasteiger partial charge in [0, 0.05) is 4.47 Å². The van der Waals surface area contributed by atoms with Gasteiger partial charge in [0.2, 0.25) is 5.91 Å². The number of sulfonamides is 1. The molecular formula is C25H25BrN2O3S. The van der Waals surface area contributed by atoms with Crippen molar-refractivity contribution in [1.82, 2.24) is 5.32 Å². The minimum absolute atomic E-state index is 0.112. The molecule has 0 saturated carbocycles. The Kier molecular flexibility index (Phi) is 6.67. The second-order valence-electron chi connectivity index (χ2n) is 8.02. The summed E-state index contributed by atoms with van der Waals surface area (Å²) in [6.45, 7) is 1.60. The lowest BCUT2D eigenvalue weighted by molar-refractivity contribution is -0.120. The number of fused-ring (bicyclic) bond motifs is 1. The molecule has 0 fully saturated rings. The van der Waals surface area contributed by atoms with Gasteiger partial charge in [0.25, 0.3) is 10.0 Å². The van der Waals surface area contributed by atoms with Gasteiger partial charge in [0.15, 0.2) is 0 Å². The molecule has 1 amide bonds. The number of nitrogens with one attached hydrogen (secondary N) is 1. The minimum Gasteiger partial charge on any atom is -0.348 e. The molecule has 1 aliphatic rings. The fraction of sp³-hybridized carbons (Fsp3) is 0.240. The van der Waals surface area contributed by atoms with Gasteiger partial charge in [0.1, 0.15) is 6.54 Å². The van der Waals surface area contributed by atoms with Crippen molar-refractivity contribution in [3.05, 3.63) is 94.0 Å². The zero-order valence-corrected chi connectivity index (χ0v) is 20.2. The van der Waals surface area contributed by atoms with Crippen molar-refractivity contribution in [2.24, 2.45) is 0 Å². The summed E-state index contributed by atoms with van der Waals surface area (Å²) < 4.78 is 28.9. The third kappa shape index (κ3) is 4.89. The first kappa shape index (κ1) is 22.6. The van der Waals surface area contributed by atoms with Crippen LogP contribution in [-0.4, -0.2) is 20.9 Å². The molecule has 0 saturated heterocycles. The molecule has 1 N–H and O–H groups in total. The Balaban J connectivity index is 1.63. The van der Waals surface area contributed by atoms with Gasteiger partial charge in [-0.1, -0.05) is 64.0 Å². The van der Waals surface area contributed by atoms with Crippen LogP contribution in [0.5, 0.6) is 0 Å². The summed E-state index contributed by atoms with van der Waals surface area (Å²) in [5.74, 6) is -0.331. The lowest BCUT2D eigenvalue weighted by atomic mass is 9.88. The molecule has 3 aromatic carbocycles. The summed E-state index contributed by atoms with van der Waals surface area (Å²) in [5.41, 5.74) is 3.74. The molecule has 32 heavy (non-hydrogen) atoms. The zero-order chi connectivity index (χ0) is 22.7. The number of hydrogen-bond donors (Lipinski definition) is 1. The normalized spacial score (nSPS) is 15.6. The molecule has 1 aliphatic carbocycles. The Morgan fingerprint density at radius 2 is 1.81 bits per heavy atom. The van der Waals surface area contributed by atoms with Gasteiger partial charge in [-0.05, 0) is 67.6 Å². The fourth-order valence-corrected chi connectivity index (χ4v) is 5.86. The third-order valence-corrected chi connectivity index (χ3v) is 7.98. The Morgan fingerprint density at radius 1 is 1.06 bits per heavy atom. The van der Waals surface area contributed by atoms with Crippen molar-refractivity contribution in [3.8, 4) is 0 Å². The highest BCUT2D eigenvalue weighted by Crippen LogP contribution is 2.30. The van der Waals surface area contributed by atoms with Crippen LogP contribution < -0.4 is 9.62 Å². The maximum Gasteiger partial charge on any atom is 0.264 e. The summed E-state index contributed by atoms with van der Waals surface area (Å²) in [6, 6.07) is 21.6. The maximum atomic E-state index is 13.5. The molecule has 7 heteroatoms. The molecule has 0 bridgehead atoms. The molecule has 0 aromatic heterocycles. The molecule has 0 spiro atoms. The SMILES string of the molecule is Cc1ccc(S(=O)(=O)N(CC(=O)N[C@H]2CCCc3ccccc32)c2cccc(Br)c2)cc1. The average molecular weight is 513 g/mol. The number of benzene rings is 3. The number of carbonyl (C=O) groups excluding carboxylic acids is 1. The van der Waals surface area contributed by atoms with Crippen molar-refractivity contribution < 1.29 is 13.2 Å². The Labute approximate surface area is 197 Å². The summed E-state index contributed by atoms with van der Waals surface area (Å²) >= 11 is 3.40. The summed E-state index contributed by atoms with van der Waals surface area (Å²) in [4.78, 5) is 13.2. The highest BCUT2D eigenvalue weighted by molar-refractivity contribution is 9.10. The lowest BCUT2D eigenvalue weighted by Crippen LogP contribution is -2.42. The quantitative estimate of drug-likeness (QED) is 0.496.